The molecular weight excluding hydrogens is 839 g/mol. The number of rotatable bonds is 13. The van der Waals surface area contributed by atoms with Crippen LogP contribution in [0.4, 0.5) is 5.69 Å². The number of nitrogens with one attached hydrogen (secondary N) is 2. The van der Waals surface area contributed by atoms with E-state index >= 15 is 0 Å². The zero-order valence-electron chi connectivity index (χ0n) is 34.3. The molecule has 0 radical (unpaired) electrons. The predicted octanol–water partition coefficient (Wildman–Crippen LogP) is 14.3. The third kappa shape index (κ3) is 11.6. The molecule has 0 unspecified atom stereocenters. The van der Waals surface area contributed by atoms with E-state index in [2.05, 4.69) is 77.2 Å². The number of para-hydroxylation sites is 1. The van der Waals surface area contributed by atoms with Crippen molar-refractivity contribution >= 4 is 16.8 Å². The van der Waals surface area contributed by atoms with Crippen LogP contribution in [0.15, 0.2) is 139 Å². The zero-order valence-corrected chi connectivity index (χ0v) is 37.8. The Balaban J connectivity index is 0.00000343. The van der Waals surface area contributed by atoms with Gasteiger partial charge in [-0.15, -0.1) is 0 Å². The molecule has 0 heterocycles. The summed E-state index contributed by atoms with van der Waals surface area (Å²) in [5.74, 6) is 1.03. The van der Waals surface area contributed by atoms with Gasteiger partial charge in [0.25, 0.3) is 0 Å². The maximum Gasteiger partial charge on any atom is 0.131 e. The van der Waals surface area contributed by atoms with E-state index in [1.54, 1.807) is 0 Å². The van der Waals surface area contributed by atoms with Crippen LogP contribution in [-0.4, -0.2) is 17.3 Å². The molecule has 4 rings (SSSR count). The van der Waals surface area contributed by atoms with E-state index in [0.717, 1.165) is 55.8 Å². The van der Waals surface area contributed by atoms with Gasteiger partial charge in [-0.3, -0.25) is 6.58 Å². The molecule has 0 saturated carbocycles. The van der Waals surface area contributed by atoms with E-state index in [1.807, 2.05) is 112 Å². The van der Waals surface area contributed by atoms with Gasteiger partial charge >= 0.3 is 0 Å². The zero-order chi connectivity index (χ0) is 39.9. The minimum atomic E-state index is 0. The van der Waals surface area contributed by atoms with Crippen molar-refractivity contribution in [2.24, 2.45) is 5.92 Å². The Bertz CT molecular complexity index is 2110. The summed E-state index contributed by atoms with van der Waals surface area (Å²) in [5, 5.41) is 27.5. The SMILES string of the molecule is C[NH-].[CH-]=C/C=C(/C=C(/C=C\C=C/C)c1cc(C)cc(-c2ccccc2C(C)C)c1O)Nc1ccccc1-c1cc(C)cc(C(=C/C)/C(=C\C)C(C)C)c1O.[Hf]. The molecule has 4 N–H and O–H groups in total. The van der Waals surface area contributed by atoms with Crippen molar-refractivity contribution in [2.45, 2.75) is 68.2 Å². The molecule has 0 amide bonds. The van der Waals surface area contributed by atoms with Gasteiger partial charge in [0.05, 0.1) is 0 Å². The number of anilines is 1. The number of hydrogen-bond acceptors (Lipinski definition) is 3. The van der Waals surface area contributed by atoms with Gasteiger partial charge in [0, 0.05) is 59.3 Å². The van der Waals surface area contributed by atoms with Gasteiger partial charge in [0.15, 0.2) is 0 Å². The van der Waals surface area contributed by atoms with Crippen LogP contribution in [0.2, 0.25) is 0 Å². The number of hydrogen-bond donors (Lipinski definition) is 3. The van der Waals surface area contributed by atoms with Crippen molar-refractivity contribution in [3.05, 3.63) is 179 Å². The largest absolute Gasteiger partial charge is 0.680 e. The Morgan fingerprint density at radius 2 is 1.29 bits per heavy atom. The summed E-state index contributed by atoms with van der Waals surface area (Å²) in [5.41, 5.74) is 18.4. The average molecular weight is 898 g/mol. The molecule has 4 aromatic rings. The molecular formula is C50H58HfN2O2-2. The molecule has 55 heavy (non-hydrogen) atoms. The third-order valence-electron chi connectivity index (χ3n) is 9.18. The summed E-state index contributed by atoms with van der Waals surface area (Å²) in [6, 6.07) is 24.4. The van der Waals surface area contributed by atoms with Crippen molar-refractivity contribution in [1.29, 1.82) is 0 Å². The predicted molar refractivity (Wildman–Crippen MR) is 236 cm³/mol. The minimum Gasteiger partial charge on any atom is -0.680 e. The van der Waals surface area contributed by atoms with Gasteiger partial charge in [-0.2, -0.15) is 13.1 Å². The number of benzene rings is 4. The molecule has 0 aliphatic carbocycles. The fraction of sp³-hybridized carbons (Fsp3) is 0.240. The van der Waals surface area contributed by atoms with Crippen LogP contribution < -0.4 is 5.32 Å². The van der Waals surface area contributed by atoms with E-state index in [1.165, 1.54) is 24.3 Å². The van der Waals surface area contributed by atoms with E-state index in [0.29, 0.717) is 17.2 Å². The monoisotopic (exact) mass is 898 g/mol. The first-order valence-corrected chi connectivity index (χ1v) is 18.7. The Kier molecular flexibility index (Phi) is 19.1. The van der Waals surface area contributed by atoms with Crippen LogP contribution in [-0.2, 0) is 25.8 Å². The van der Waals surface area contributed by atoms with Crippen molar-refractivity contribution in [1.82, 2.24) is 0 Å². The molecule has 4 nitrogen and oxygen atoms in total. The summed E-state index contributed by atoms with van der Waals surface area (Å²) in [6.07, 6.45) is 17.4. The first-order chi connectivity index (χ1) is 25.9. The van der Waals surface area contributed by atoms with Gasteiger partial charge in [-0.1, -0.05) is 107 Å². The number of phenols is 2. The Hall–Kier alpha value is -4.71. The minimum absolute atomic E-state index is 0. The molecule has 0 atom stereocenters. The quantitative estimate of drug-likeness (QED) is 0.0711. The van der Waals surface area contributed by atoms with Crippen LogP contribution >= 0.6 is 0 Å². The number of phenolic OH excluding ortho intramolecular Hbond substituents is 2. The maximum atomic E-state index is 12.0. The average Bonchev–Trinajstić information content (AvgIpc) is 3.16. The summed E-state index contributed by atoms with van der Waals surface area (Å²) >= 11 is 0. The van der Waals surface area contributed by atoms with E-state index in [9.17, 15) is 10.2 Å². The Labute approximate surface area is 350 Å². The summed E-state index contributed by atoms with van der Waals surface area (Å²) in [7, 11) is 1.25. The van der Waals surface area contributed by atoms with Crippen LogP contribution in [0.25, 0.3) is 39.1 Å². The fourth-order valence-electron chi connectivity index (χ4n) is 6.78. The van der Waals surface area contributed by atoms with Crippen LogP contribution in [0, 0.1) is 26.3 Å². The van der Waals surface area contributed by atoms with Crippen LogP contribution in [0.5, 0.6) is 11.5 Å². The molecule has 0 saturated heterocycles. The normalized spacial score (nSPS) is 12.6. The maximum absolute atomic E-state index is 12.0. The fourth-order valence-corrected chi connectivity index (χ4v) is 6.78. The molecule has 286 valence electrons. The van der Waals surface area contributed by atoms with Gasteiger partial charge in [0.1, 0.15) is 11.5 Å². The van der Waals surface area contributed by atoms with Crippen molar-refractivity contribution in [3.8, 4) is 33.8 Å². The van der Waals surface area contributed by atoms with E-state index in [4.69, 9.17) is 12.3 Å². The Morgan fingerprint density at radius 1 is 0.727 bits per heavy atom. The molecule has 0 fully saturated rings. The first kappa shape index (κ1) is 46.4. The van der Waals surface area contributed by atoms with Crippen LogP contribution in [0.1, 0.15) is 82.2 Å². The molecule has 0 aliphatic rings. The standard InChI is InChI=1S/C49H54NO2.CH4N.Hf/c1-11-15-16-22-36(43-27-34(9)29-45(48(43)51)41-24-18-17-23-40(41)33(7)8)31-37(21-12-2)50-47-26-20-19-25-42(47)46-30-35(10)28-44(49(46)52)39(14-4)38(13-3)32(5)6;1-2;/h2,11-33,50-52H,1,3-10H3;2H,1H3;/q2*-1;/b15-11-,22-16-,36-31-,37-21-,38-13-,39-14+;;. The van der Waals surface area contributed by atoms with Crippen molar-refractivity contribution in [2.75, 3.05) is 12.4 Å². The second-order valence-electron chi connectivity index (χ2n) is 13.7. The van der Waals surface area contributed by atoms with Crippen LogP contribution in [0.3, 0.4) is 0 Å². The van der Waals surface area contributed by atoms with Crippen molar-refractivity contribution in [3.63, 3.8) is 0 Å². The van der Waals surface area contributed by atoms with Gasteiger partial charge < -0.3 is 21.3 Å². The number of allylic oxidation sites excluding steroid dienone is 12. The van der Waals surface area contributed by atoms with E-state index in [-0.39, 0.29) is 43.3 Å². The molecule has 0 spiro atoms. The molecule has 5 heteroatoms. The topological polar surface area (TPSA) is 76.3 Å². The summed E-state index contributed by atoms with van der Waals surface area (Å²) < 4.78 is 0. The molecule has 0 aromatic heterocycles. The smallest absolute Gasteiger partial charge is 0.131 e. The summed E-state index contributed by atoms with van der Waals surface area (Å²) in [4.78, 5) is 0. The van der Waals surface area contributed by atoms with Crippen molar-refractivity contribution < 1.29 is 36.1 Å². The third-order valence-corrected chi connectivity index (χ3v) is 9.18. The number of aryl methyl sites for hydroxylation is 2. The summed E-state index contributed by atoms with van der Waals surface area (Å²) in [6.45, 7) is 24.9. The Morgan fingerprint density at radius 3 is 1.85 bits per heavy atom. The second kappa shape index (κ2) is 22.6. The molecule has 0 bridgehead atoms. The first-order valence-electron chi connectivity index (χ1n) is 18.7. The molecule has 4 aromatic carbocycles. The number of aromatic hydroxyl groups is 2. The molecule has 0 aliphatic heterocycles. The second-order valence-corrected chi connectivity index (χ2v) is 13.7. The van der Waals surface area contributed by atoms with E-state index < -0.39 is 0 Å². The van der Waals surface area contributed by atoms with Gasteiger partial charge in [-0.05, 0) is 128 Å². The van der Waals surface area contributed by atoms with Gasteiger partial charge in [0.2, 0.25) is 0 Å². The van der Waals surface area contributed by atoms with Gasteiger partial charge in [-0.25, -0.2) is 6.08 Å².